The van der Waals surface area contributed by atoms with E-state index in [-0.39, 0.29) is 5.41 Å². The maximum atomic E-state index is 9.42. The predicted octanol–water partition coefficient (Wildman–Crippen LogP) is 2.38. The molecular formula is C16H21BO2. The van der Waals surface area contributed by atoms with Gasteiger partial charge >= 0.3 is 7.12 Å². The Bertz CT molecular complexity index is 540. The van der Waals surface area contributed by atoms with Gasteiger partial charge < -0.3 is 10.0 Å². The van der Waals surface area contributed by atoms with Crippen LogP contribution in [0.25, 0.3) is 5.57 Å². The molecule has 1 aromatic rings. The van der Waals surface area contributed by atoms with Gasteiger partial charge in [0.2, 0.25) is 0 Å². The summed E-state index contributed by atoms with van der Waals surface area (Å²) in [5.74, 6) is 0. The molecule has 0 heterocycles. The van der Waals surface area contributed by atoms with Crippen molar-refractivity contribution in [2.45, 2.75) is 51.4 Å². The number of rotatable bonds is 2. The van der Waals surface area contributed by atoms with E-state index in [1.165, 1.54) is 42.4 Å². The molecule has 0 radical (unpaired) electrons. The van der Waals surface area contributed by atoms with Crippen molar-refractivity contribution in [3.05, 3.63) is 34.9 Å². The molecule has 0 unspecified atom stereocenters. The molecule has 2 N–H and O–H groups in total. The van der Waals surface area contributed by atoms with Gasteiger partial charge in [-0.15, -0.1) is 0 Å². The minimum atomic E-state index is -1.37. The Morgan fingerprint density at radius 3 is 2.47 bits per heavy atom. The van der Waals surface area contributed by atoms with Crippen LogP contribution in [0.15, 0.2) is 23.8 Å². The third-order valence-electron chi connectivity index (χ3n) is 5.10. The van der Waals surface area contributed by atoms with Crippen molar-refractivity contribution in [2.75, 3.05) is 0 Å². The molecule has 1 fully saturated rings. The van der Waals surface area contributed by atoms with Crippen molar-refractivity contribution in [3.8, 4) is 0 Å². The molecule has 1 aromatic carbocycles. The first-order valence-electron chi connectivity index (χ1n) is 7.31. The molecule has 3 heteroatoms. The van der Waals surface area contributed by atoms with Crippen molar-refractivity contribution in [1.82, 2.24) is 0 Å². The van der Waals surface area contributed by atoms with Gasteiger partial charge in [0.15, 0.2) is 0 Å². The van der Waals surface area contributed by atoms with Crippen molar-refractivity contribution >= 4 is 18.2 Å². The van der Waals surface area contributed by atoms with Crippen molar-refractivity contribution in [3.63, 3.8) is 0 Å². The van der Waals surface area contributed by atoms with Gasteiger partial charge in [-0.05, 0) is 48.3 Å². The predicted molar refractivity (Wildman–Crippen MR) is 79.3 cm³/mol. The van der Waals surface area contributed by atoms with E-state index in [1.54, 1.807) is 5.57 Å². The summed E-state index contributed by atoms with van der Waals surface area (Å²) < 4.78 is 0. The molecule has 2 aliphatic rings. The summed E-state index contributed by atoms with van der Waals surface area (Å²) in [6.07, 6.45) is 6.08. The minimum Gasteiger partial charge on any atom is -0.423 e. The summed E-state index contributed by atoms with van der Waals surface area (Å²) in [6, 6.07) is 5.94. The molecule has 1 saturated carbocycles. The third-order valence-corrected chi connectivity index (χ3v) is 5.10. The highest BCUT2D eigenvalue weighted by molar-refractivity contribution is 6.58. The first kappa shape index (κ1) is 13.0. The molecule has 100 valence electrons. The van der Waals surface area contributed by atoms with Gasteiger partial charge in [0.05, 0.1) is 0 Å². The lowest BCUT2D eigenvalue weighted by molar-refractivity contribution is 0.425. The van der Waals surface area contributed by atoms with Crippen LogP contribution in [0.2, 0.25) is 0 Å². The van der Waals surface area contributed by atoms with Crippen LogP contribution in [-0.4, -0.2) is 17.2 Å². The Morgan fingerprint density at radius 2 is 1.89 bits per heavy atom. The van der Waals surface area contributed by atoms with Crippen LogP contribution in [-0.2, 0) is 5.41 Å². The van der Waals surface area contributed by atoms with E-state index in [2.05, 4.69) is 19.9 Å². The topological polar surface area (TPSA) is 40.5 Å². The fourth-order valence-corrected chi connectivity index (χ4v) is 4.28. The fourth-order valence-electron chi connectivity index (χ4n) is 4.28. The van der Waals surface area contributed by atoms with Gasteiger partial charge in [-0.1, -0.05) is 43.5 Å². The van der Waals surface area contributed by atoms with Gasteiger partial charge in [0.25, 0.3) is 0 Å². The maximum absolute atomic E-state index is 9.42. The second-order valence-corrected chi connectivity index (χ2v) is 5.93. The van der Waals surface area contributed by atoms with Crippen LogP contribution in [0.4, 0.5) is 0 Å². The molecule has 0 bridgehead atoms. The molecule has 0 atom stereocenters. The van der Waals surface area contributed by atoms with Crippen LogP contribution < -0.4 is 5.46 Å². The molecule has 2 aliphatic carbocycles. The summed E-state index contributed by atoms with van der Waals surface area (Å²) in [6.45, 7) is 4.46. The molecule has 2 nitrogen and oxygen atoms in total. The number of benzene rings is 1. The zero-order valence-electron chi connectivity index (χ0n) is 11.7. The summed E-state index contributed by atoms with van der Waals surface area (Å²) in [7, 11) is -1.37. The van der Waals surface area contributed by atoms with E-state index in [4.69, 9.17) is 0 Å². The van der Waals surface area contributed by atoms with Gasteiger partial charge in [-0.3, -0.25) is 0 Å². The van der Waals surface area contributed by atoms with Gasteiger partial charge in [-0.25, -0.2) is 0 Å². The lowest BCUT2D eigenvalue weighted by atomic mass is 9.71. The lowest BCUT2D eigenvalue weighted by Gasteiger charge is -2.29. The van der Waals surface area contributed by atoms with Gasteiger partial charge in [0.1, 0.15) is 0 Å². The maximum Gasteiger partial charge on any atom is 0.488 e. The standard InChI is InChI=1S/C16H21BO2/c1-3-14-11(2)13-7-6-12(17(18)19)10-15(13)16(14)8-4-5-9-16/h6-7,10,18-19H,3-5,8-9H2,1-2H3. The number of hydrogen-bond donors (Lipinski definition) is 2. The second-order valence-electron chi connectivity index (χ2n) is 5.93. The second kappa shape index (κ2) is 4.50. The Balaban J connectivity index is 2.19. The van der Waals surface area contributed by atoms with Crippen LogP contribution in [0, 0.1) is 0 Å². The molecule has 19 heavy (non-hydrogen) atoms. The highest BCUT2D eigenvalue weighted by atomic mass is 16.4. The summed E-state index contributed by atoms with van der Waals surface area (Å²) in [5.41, 5.74) is 6.46. The third kappa shape index (κ3) is 1.72. The molecule has 0 saturated heterocycles. The quantitative estimate of drug-likeness (QED) is 0.797. The summed E-state index contributed by atoms with van der Waals surface area (Å²) >= 11 is 0. The summed E-state index contributed by atoms with van der Waals surface area (Å²) in [5, 5.41) is 18.8. The van der Waals surface area contributed by atoms with E-state index in [9.17, 15) is 10.0 Å². The first-order valence-corrected chi connectivity index (χ1v) is 7.31. The van der Waals surface area contributed by atoms with Gasteiger partial charge in [0, 0.05) is 5.41 Å². The molecule has 0 aromatic heterocycles. The normalized spacial score (nSPS) is 20.2. The van der Waals surface area contributed by atoms with Crippen LogP contribution in [0.3, 0.4) is 0 Å². The molecule has 0 amide bonds. The van der Waals surface area contributed by atoms with Crippen LogP contribution >= 0.6 is 0 Å². The highest BCUT2D eigenvalue weighted by Gasteiger charge is 2.44. The van der Waals surface area contributed by atoms with Gasteiger partial charge in [-0.2, -0.15) is 0 Å². The lowest BCUT2D eigenvalue weighted by Crippen LogP contribution is -2.32. The largest absolute Gasteiger partial charge is 0.488 e. The zero-order valence-corrected chi connectivity index (χ0v) is 11.7. The average molecular weight is 256 g/mol. The first-order chi connectivity index (χ1) is 9.10. The van der Waals surface area contributed by atoms with E-state index in [1.807, 2.05) is 12.1 Å². The Kier molecular flexibility index (Phi) is 3.07. The van der Waals surface area contributed by atoms with Crippen molar-refractivity contribution < 1.29 is 10.0 Å². The van der Waals surface area contributed by atoms with Crippen LogP contribution in [0.1, 0.15) is 57.1 Å². The molecule has 3 rings (SSSR count). The Hall–Kier alpha value is -1.06. The van der Waals surface area contributed by atoms with Crippen molar-refractivity contribution in [1.29, 1.82) is 0 Å². The number of hydrogen-bond acceptors (Lipinski definition) is 2. The number of fused-ring (bicyclic) bond motifs is 2. The molecular weight excluding hydrogens is 235 g/mol. The summed E-state index contributed by atoms with van der Waals surface area (Å²) in [4.78, 5) is 0. The molecule has 1 spiro atoms. The SMILES string of the molecule is CCC1=C(C)c2ccc(B(O)O)cc2C12CCCC2. The Morgan fingerprint density at radius 1 is 1.21 bits per heavy atom. The number of allylic oxidation sites excluding steroid dienone is 2. The fraction of sp³-hybridized carbons (Fsp3) is 0.500. The highest BCUT2D eigenvalue weighted by Crippen LogP contribution is 2.55. The zero-order chi connectivity index (χ0) is 13.6. The van der Waals surface area contributed by atoms with E-state index >= 15 is 0 Å². The monoisotopic (exact) mass is 256 g/mol. The average Bonchev–Trinajstić information content (AvgIpc) is 2.96. The van der Waals surface area contributed by atoms with E-state index in [0.29, 0.717) is 5.46 Å². The Labute approximate surface area is 115 Å². The van der Waals surface area contributed by atoms with E-state index in [0.717, 1.165) is 6.42 Å². The smallest absolute Gasteiger partial charge is 0.423 e. The van der Waals surface area contributed by atoms with Crippen LogP contribution in [0.5, 0.6) is 0 Å². The minimum absolute atomic E-state index is 0.194. The van der Waals surface area contributed by atoms with E-state index < -0.39 is 7.12 Å². The molecule has 0 aliphatic heterocycles. The van der Waals surface area contributed by atoms with Crippen molar-refractivity contribution in [2.24, 2.45) is 0 Å².